The van der Waals surface area contributed by atoms with Crippen molar-refractivity contribution in [2.75, 3.05) is 6.54 Å². The molecule has 0 saturated heterocycles. The first-order chi connectivity index (χ1) is 21.1. The summed E-state index contributed by atoms with van der Waals surface area (Å²) in [5.41, 5.74) is -0.275. The molecule has 3 aliphatic rings. The quantitative estimate of drug-likeness (QED) is 0.182. The number of aromatic nitrogens is 1. The molecule has 44 heavy (non-hydrogen) atoms. The molecule has 8 heteroatoms. The molecule has 0 spiro atoms. The second-order valence-electron chi connectivity index (χ2n) is 14.8. The topological polar surface area (TPSA) is 123 Å². The van der Waals surface area contributed by atoms with Gasteiger partial charge in [0, 0.05) is 25.1 Å². The van der Waals surface area contributed by atoms with E-state index in [1.165, 1.54) is 6.42 Å². The zero-order valence-corrected chi connectivity index (χ0v) is 27.3. The van der Waals surface area contributed by atoms with Crippen molar-refractivity contribution in [3.63, 3.8) is 0 Å². The van der Waals surface area contributed by atoms with Crippen LogP contribution in [0.25, 0.3) is 0 Å². The van der Waals surface area contributed by atoms with Crippen LogP contribution in [0, 0.1) is 23.7 Å². The maximum absolute atomic E-state index is 14.8. The van der Waals surface area contributed by atoms with E-state index in [2.05, 4.69) is 10.3 Å². The molecule has 248 valence electrons. The van der Waals surface area contributed by atoms with Gasteiger partial charge in [-0.1, -0.05) is 90.5 Å². The first-order valence-electron chi connectivity index (χ1n) is 17.7. The molecular weight excluding hydrogens is 554 g/mol. The van der Waals surface area contributed by atoms with Crippen LogP contribution in [-0.4, -0.2) is 67.4 Å². The summed E-state index contributed by atoms with van der Waals surface area (Å²) in [4.78, 5) is 34.1. The third-order valence-electron chi connectivity index (χ3n) is 10.3. The molecule has 0 aliphatic heterocycles. The minimum atomic E-state index is -1.11. The Morgan fingerprint density at radius 1 is 0.955 bits per heavy atom. The van der Waals surface area contributed by atoms with Gasteiger partial charge in [0.05, 0.1) is 30.0 Å². The second kappa shape index (κ2) is 17.0. The van der Waals surface area contributed by atoms with E-state index in [1.54, 1.807) is 11.1 Å². The normalized spacial score (nSPS) is 22.0. The van der Waals surface area contributed by atoms with Gasteiger partial charge < -0.3 is 25.5 Å². The monoisotopic (exact) mass is 613 g/mol. The predicted molar refractivity (Wildman–Crippen MR) is 172 cm³/mol. The van der Waals surface area contributed by atoms with E-state index in [-0.39, 0.29) is 30.7 Å². The van der Waals surface area contributed by atoms with Gasteiger partial charge in [0.15, 0.2) is 0 Å². The van der Waals surface area contributed by atoms with Crippen LogP contribution >= 0.6 is 0 Å². The van der Waals surface area contributed by atoms with E-state index in [0.717, 1.165) is 69.9 Å². The zero-order chi connectivity index (χ0) is 31.5. The number of aliphatic hydroxyl groups excluding tert-OH is 2. The van der Waals surface area contributed by atoms with Gasteiger partial charge in [0.1, 0.15) is 6.10 Å². The Morgan fingerprint density at radius 3 is 2.23 bits per heavy atom. The summed E-state index contributed by atoms with van der Waals surface area (Å²) >= 11 is 0. The number of nitrogens with one attached hydrogen (secondary N) is 1. The Labute approximate surface area is 265 Å². The molecule has 4 rings (SSSR count). The first kappa shape index (κ1) is 34.8. The molecule has 3 aliphatic carbocycles. The van der Waals surface area contributed by atoms with Crippen LogP contribution in [0.15, 0.2) is 24.4 Å². The highest BCUT2D eigenvalue weighted by atomic mass is 16.3. The zero-order valence-electron chi connectivity index (χ0n) is 27.3. The highest BCUT2D eigenvalue weighted by Gasteiger charge is 2.43. The number of rotatable bonds is 16. The van der Waals surface area contributed by atoms with Gasteiger partial charge in [0.2, 0.25) is 11.8 Å². The van der Waals surface area contributed by atoms with Crippen molar-refractivity contribution in [1.29, 1.82) is 0 Å². The van der Waals surface area contributed by atoms with Crippen molar-refractivity contribution in [1.82, 2.24) is 15.2 Å². The minimum Gasteiger partial charge on any atom is -0.390 e. The smallest absolute Gasteiger partial charge is 0.226 e. The van der Waals surface area contributed by atoms with Gasteiger partial charge in [-0.3, -0.25) is 14.6 Å². The fourth-order valence-corrected chi connectivity index (χ4v) is 7.56. The van der Waals surface area contributed by atoms with Crippen LogP contribution in [0.3, 0.4) is 0 Å². The summed E-state index contributed by atoms with van der Waals surface area (Å²) in [5.74, 6) is 0.0894. The number of hydrogen-bond acceptors (Lipinski definition) is 6. The van der Waals surface area contributed by atoms with Crippen LogP contribution in [-0.2, 0) is 16.1 Å². The van der Waals surface area contributed by atoms with E-state index in [9.17, 15) is 24.9 Å². The SMILES string of the molecule is CC(C)C[C@H](O)[C@H](O)[C@H](CC1CCCCC1)N(CC1(O)CCCCCC1)C(=O)[C@@H](CC(=O)NCc1ccccn1)CC1CC1. The number of aliphatic hydroxyl groups is 3. The molecule has 4 atom stereocenters. The molecule has 4 N–H and O–H groups in total. The second-order valence-corrected chi connectivity index (χ2v) is 14.8. The van der Waals surface area contributed by atoms with E-state index in [4.69, 9.17) is 0 Å². The lowest BCUT2D eigenvalue weighted by atomic mass is 9.80. The van der Waals surface area contributed by atoms with Crippen LogP contribution in [0.1, 0.15) is 129 Å². The number of hydrogen-bond donors (Lipinski definition) is 4. The molecule has 3 fully saturated rings. The molecule has 0 unspecified atom stereocenters. The standard InChI is InChI=1S/C36H59N3O5/c1-26(2)20-32(40)34(42)31(22-27-12-6-5-7-13-27)39(25-36(44)17-9-3-4-10-18-36)35(43)29(21-28-15-16-28)23-33(41)38-24-30-14-8-11-19-37-30/h8,11,14,19,26-29,31-32,34,40,42,44H,3-7,9-10,12-13,15-18,20-25H2,1-2H3,(H,38,41)/t29-,31+,32+,34-/m1/s1. The number of nitrogens with zero attached hydrogens (tertiary/aromatic N) is 2. The van der Waals surface area contributed by atoms with Gasteiger partial charge in [0.25, 0.3) is 0 Å². The molecule has 0 aromatic carbocycles. The van der Waals surface area contributed by atoms with Crippen LogP contribution in [0.4, 0.5) is 0 Å². The predicted octanol–water partition coefficient (Wildman–Crippen LogP) is 5.53. The fourth-order valence-electron chi connectivity index (χ4n) is 7.56. The lowest BCUT2D eigenvalue weighted by Crippen LogP contribution is -2.58. The molecule has 1 aromatic heterocycles. The first-order valence-corrected chi connectivity index (χ1v) is 17.7. The number of carbonyl (C=O) groups is 2. The highest BCUT2D eigenvalue weighted by Crippen LogP contribution is 2.39. The van der Waals surface area contributed by atoms with Crippen molar-refractivity contribution >= 4 is 11.8 Å². The Kier molecular flexibility index (Phi) is 13.5. The van der Waals surface area contributed by atoms with Crippen LogP contribution in [0.5, 0.6) is 0 Å². The van der Waals surface area contributed by atoms with Crippen LogP contribution in [0.2, 0.25) is 0 Å². The summed E-state index contributed by atoms with van der Waals surface area (Å²) < 4.78 is 0. The lowest BCUT2D eigenvalue weighted by Gasteiger charge is -2.44. The number of amides is 2. The average Bonchev–Trinajstić information content (AvgIpc) is 3.85. The molecule has 3 saturated carbocycles. The van der Waals surface area contributed by atoms with Crippen molar-refractivity contribution in [2.45, 2.75) is 153 Å². The van der Waals surface area contributed by atoms with Gasteiger partial charge >= 0.3 is 0 Å². The van der Waals surface area contributed by atoms with E-state index >= 15 is 0 Å². The number of pyridine rings is 1. The number of carbonyl (C=O) groups excluding carboxylic acids is 2. The van der Waals surface area contributed by atoms with Gasteiger partial charge in [-0.05, 0) is 62.0 Å². The van der Waals surface area contributed by atoms with Crippen LogP contribution < -0.4 is 5.32 Å². The van der Waals surface area contributed by atoms with E-state index < -0.39 is 29.8 Å². The average molecular weight is 614 g/mol. The molecule has 8 nitrogen and oxygen atoms in total. The lowest BCUT2D eigenvalue weighted by molar-refractivity contribution is -0.152. The largest absolute Gasteiger partial charge is 0.390 e. The van der Waals surface area contributed by atoms with E-state index in [1.807, 2.05) is 32.0 Å². The molecule has 0 radical (unpaired) electrons. The molecular formula is C36H59N3O5. The summed E-state index contributed by atoms with van der Waals surface area (Å²) in [6, 6.07) is 4.98. The Balaban J connectivity index is 1.61. The Hall–Kier alpha value is -2.03. The Morgan fingerprint density at radius 2 is 1.61 bits per heavy atom. The van der Waals surface area contributed by atoms with E-state index in [0.29, 0.717) is 50.5 Å². The summed E-state index contributed by atoms with van der Waals surface area (Å²) in [7, 11) is 0. The molecule has 0 bridgehead atoms. The van der Waals surface area contributed by atoms with Crippen molar-refractivity contribution in [2.24, 2.45) is 23.7 Å². The van der Waals surface area contributed by atoms with Gasteiger partial charge in [-0.2, -0.15) is 0 Å². The van der Waals surface area contributed by atoms with Crippen molar-refractivity contribution in [3.8, 4) is 0 Å². The van der Waals surface area contributed by atoms with Gasteiger partial charge in [-0.25, -0.2) is 0 Å². The molecule has 1 heterocycles. The fraction of sp³-hybridized carbons (Fsp3) is 0.806. The molecule has 2 amide bonds. The summed E-state index contributed by atoms with van der Waals surface area (Å²) in [5, 5.41) is 37.9. The third kappa shape index (κ3) is 11.1. The molecule has 1 aromatic rings. The maximum Gasteiger partial charge on any atom is 0.226 e. The third-order valence-corrected chi connectivity index (χ3v) is 10.3. The van der Waals surface area contributed by atoms with Crippen molar-refractivity contribution < 1.29 is 24.9 Å². The van der Waals surface area contributed by atoms with Crippen molar-refractivity contribution in [3.05, 3.63) is 30.1 Å². The minimum absolute atomic E-state index is 0.0673. The summed E-state index contributed by atoms with van der Waals surface area (Å²) in [6.45, 7) is 4.50. The Bertz CT molecular complexity index is 1000. The maximum atomic E-state index is 14.8. The van der Waals surface area contributed by atoms with Gasteiger partial charge in [-0.15, -0.1) is 0 Å². The highest BCUT2D eigenvalue weighted by molar-refractivity contribution is 5.86. The summed E-state index contributed by atoms with van der Waals surface area (Å²) in [6.07, 6.45) is 14.3.